The Morgan fingerprint density at radius 3 is 2.38 bits per heavy atom. The first-order valence-electron chi connectivity index (χ1n) is 9.73. The SMILES string of the molecule is COc1ccc(C2c3cccn3CCN2S(=O)(=O)c2cccc(C(F)(F)F)c2)cc1OC. The van der Waals surface area contributed by atoms with E-state index in [1.165, 1.54) is 24.6 Å². The Kier molecular flexibility index (Phi) is 5.68. The van der Waals surface area contributed by atoms with Crippen LogP contribution in [0.4, 0.5) is 13.2 Å². The first-order valence-corrected chi connectivity index (χ1v) is 11.2. The van der Waals surface area contributed by atoms with Crippen LogP contribution in [0.1, 0.15) is 22.9 Å². The average molecular weight is 466 g/mol. The van der Waals surface area contributed by atoms with E-state index >= 15 is 0 Å². The van der Waals surface area contributed by atoms with Gasteiger partial charge in [0.1, 0.15) is 0 Å². The molecule has 32 heavy (non-hydrogen) atoms. The quantitative estimate of drug-likeness (QED) is 0.562. The third-order valence-electron chi connectivity index (χ3n) is 5.49. The molecule has 0 aliphatic carbocycles. The Balaban J connectivity index is 1.84. The molecular formula is C22H21F3N2O4S. The molecule has 0 saturated carbocycles. The van der Waals surface area contributed by atoms with Gasteiger partial charge in [-0.3, -0.25) is 0 Å². The number of nitrogens with zero attached hydrogens (tertiary/aromatic N) is 2. The highest BCUT2D eigenvalue weighted by atomic mass is 32.2. The first kappa shape index (κ1) is 22.2. The van der Waals surface area contributed by atoms with Crippen molar-refractivity contribution >= 4 is 10.0 Å². The molecule has 3 aromatic rings. The highest BCUT2D eigenvalue weighted by Gasteiger charge is 2.39. The van der Waals surface area contributed by atoms with Gasteiger partial charge in [-0.05, 0) is 48.0 Å². The summed E-state index contributed by atoms with van der Waals surface area (Å²) in [5, 5.41) is 0. The van der Waals surface area contributed by atoms with E-state index < -0.39 is 32.7 Å². The standard InChI is InChI=1S/C22H21F3N2O4S/c1-30-19-9-8-15(13-20(19)31-2)21-18-7-4-10-26(18)11-12-27(21)32(28,29)17-6-3-5-16(14-17)22(23,24)25/h3-10,13-14,21H,11-12H2,1-2H3. The van der Waals surface area contributed by atoms with Crippen LogP contribution in [-0.4, -0.2) is 38.1 Å². The molecule has 170 valence electrons. The summed E-state index contributed by atoms with van der Waals surface area (Å²) in [4.78, 5) is -0.405. The van der Waals surface area contributed by atoms with E-state index in [0.29, 0.717) is 35.4 Å². The maximum atomic E-state index is 13.6. The van der Waals surface area contributed by atoms with Crippen LogP contribution < -0.4 is 9.47 Å². The van der Waals surface area contributed by atoms with E-state index in [0.717, 1.165) is 12.1 Å². The molecule has 2 aromatic carbocycles. The van der Waals surface area contributed by atoms with Gasteiger partial charge in [-0.1, -0.05) is 12.1 Å². The van der Waals surface area contributed by atoms with Crippen molar-refractivity contribution in [3.63, 3.8) is 0 Å². The number of aromatic nitrogens is 1. The van der Waals surface area contributed by atoms with Crippen molar-refractivity contribution in [2.75, 3.05) is 20.8 Å². The van der Waals surface area contributed by atoms with Crippen LogP contribution in [0, 0.1) is 0 Å². The average Bonchev–Trinajstić information content (AvgIpc) is 3.26. The second kappa shape index (κ2) is 8.18. The predicted octanol–water partition coefficient (Wildman–Crippen LogP) is 4.32. The number of hydrogen-bond acceptors (Lipinski definition) is 4. The van der Waals surface area contributed by atoms with E-state index in [1.807, 2.05) is 16.8 Å². The van der Waals surface area contributed by atoms with Gasteiger partial charge in [0.05, 0.1) is 30.7 Å². The molecule has 1 atom stereocenters. The number of rotatable bonds is 5. The van der Waals surface area contributed by atoms with Crippen LogP contribution >= 0.6 is 0 Å². The van der Waals surface area contributed by atoms with Crippen molar-refractivity contribution in [2.24, 2.45) is 0 Å². The maximum Gasteiger partial charge on any atom is 0.416 e. The largest absolute Gasteiger partial charge is 0.493 e. The molecule has 1 aromatic heterocycles. The summed E-state index contributed by atoms with van der Waals surface area (Å²) in [5.74, 6) is 0.903. The Labute approximate surface area is 183 Å². The number of fused-ring (bicyclic) bond motifs is 1. The van der Waals surface area contributed by atoms with Crippen molar-refractivity contribution in [1.82, 2.24) is 8.87 Å². The van der Waals surface area contributed by atoms with E-state index in [9.17, 15) is 21.6 Å². The highest BCUT2D eigenvalue weighted by molar-refractivity contribution is 7.89. The number of benzene rings is 2. The number of halogens is 3. The minimum absolute atomic E-state index is 0.0965. The van der Waals surface area contributed by atoms with Crippen LogP contribution in [0.15, 0.2) is 65.7 Å². The van der Waals surface area contributed by atoms with Crippen molar-refractivity contribution in [2.45, 2.75) is 23.7 Å². The van der Waals surface area contributed by atoms with Gasteiger partial charge in [-0.15, -0.1) is 0 Å². The van der Waals surface area contributed by atoms with Crippen LogP contribution in [0.2, 0.25) is 0 Å². The van der Waals surface area contributed by atoms with Gasteiger partial charge in [-0.25, -0.2) is 8.42 Å². The van der Waals surface area contributed by atoms with Crippen molar-refractivity contribution in [1.29, 1.82) is 0 Å². The van der Waals surface area contributed by atoms with Gasteiger partial charge in [-0.2, -0.15) is 17.5 Å². The Hall–Kier alpha value is -2.98. The minimum Gasteiger partial charge on any atom is -0.493 e. The fourth-order valence-electron chi connectivity index (χ4n) is 3.95. The molecule has 0 N–H and O–H groups in total. The Morgan fingerprint density at radius 2 is 1.69 bits per heavy atom. The van der Waals surface area contributed by atoms with E-state index in [-0.39, 0.29) is 6.54 Å². The monoisotopic (exact) mass is 466 g/mol. The third kappa shape index (κ3) is 3.84. The fourth-order valence-corrected chi connectivity index (χ4v) is 5.58. The molecule has 1 aliphatic heterocycles. The zero-order chi connectivity index (χ0) is 23.1. The first-order chi connectivity index (χ1) is 15.2. The lowest BCUT2D eigenvalue weighted by Crippen LogP contribution is -2.42. The number of ether oxygens (including phenoxy) is 2. The summed E-state index contributed by atoms with van der Waals surface area (Å²) >= 11 is 0. The number of hydrogen-bond donors (Lipinski definition) is 0. The summed E-state index contributed by atoms with van der Waals surface area (Å²) in [6.45, 7) is 0.476. The smallest absolute Gasteiger partial charge is 0.416 e. The van der Waals surface area contributed by atoms with Gasteiger partial charge >= 0.3 is 6.18 Å². The summed E-state index contributed by atoms with van der Waals surface area (Å²) in [7, 11) is -1.28. The van der Waals surface area contributed by atoms with Crippen molar-refractivity contribution < 1.29 is 31.1 Å². The third-order valence-corrected chi connectivity index (χ3v) is 7.35. The summed E-state index contributed by atoms with van der Waals surface area (Å²) in [6, 6.07) is 11.8. The second-order valence-electron chi connectivity index (χ2n) is 7.28. The van der Waals surface area contributed by atoms with Crippen LogP contribution in [0.25, 0.3) is 0 Å². The van der Waals surface area contributed by atoms with E-state index in [1.54, 1.807) is 24.3 Å². The lowest BCUT2D eigenvalue weighted by atomic mass is 10.0. The molecule has 0 saturated heterocycles. The minimum atomic E-state index is -4.65. The normalized spacial score (nSPS) is 17.1. The molecular weight excluding hydrogens is 445 g/mol. The predicted molar refractivity (Wildman–Crippen MR) is 111 cm³/mol. The van der Waals surface area contributed by atoms with Gasteiger partial charge in [0.2, 0.25) is 10.0 Å². The lowest BCUT2D eigenvalue weighted by molar-refractivity contribution is -0.137. The fraction of sp³-hybridized carbons (Fsp3) is 0.273. The molecule has 1 aliphatic rings. The summed E-state index contributed by atoms with van der Waals surface area (Å²) in [6.07, 6.45) is -2.80. The highest BCUT2D eigenvalue weighted by Crippen LogP contribution is 2.40. The summed E-state index contributed by atoms with van der Waals surface area (Å²) < 4.78 is 80.6. The molecule has 2 heterocycles. The van der Waals surface area contributed by atoms with E-state index in [4.69, 9.17) is 9.47 Å². The second-order valence-corrected chi connectivity index (χ2v) is 9.18. The van der Waals surface area contributed by atoms with Gasteiger partial charge in [0.25, 0.3) is 0 Å². The summed E-state index contributed by atoms with van der Waals surface area (Å²) in [5.41, 5.74) is 0.304. The molecule has 0 radical (unpaired) electrons. The molecule has 0 amide bonds. The number of alkyl halides is 3. The molecule has 6 nitrogen and oxygen atoms in total. The van der Waals surface area contributed by atoms with Crippen molar-refractivity contribution in [3.05, 3.63) is 77.6 Å². The molecule has 4 rings (SSSR count). The molecule has 10 heteroatoms. The zero-order valence-electron chi connectivity index (χ0n) is 17.3. The van der Waals surface area contributed by atoms with Crippen molar-refractivity contribution in [3.8, 4) is 11.5 Å². The van der Waals surface area contributed by atoms with Crippen LogP contribution in [0.5, 0.6) is 11.5 Å². The van der Waals surface area contributed by atoms with Crippen LogP contribution in [-0.2, 0) is 22.7 Å². The van der Waals surface area contributed by atoms with Gasteiger partial charge < -0.3 is 14.0 Å². The molecule has 0 fully saturated rings. The van der Waals surface area contributed by atoms with Gasteiger partial charge in [0, 0.05) is 25.0 Å². The number of methoxy groups -OCH3 is 2. The Bertz CT molecular complexity index is 1240. The van der Waals surface area contributed by atoms with Crippen LogP contribution in [0.3, 0.4) is 0 Å². The van der Waals surface area contributed by atoms with Gasteiger partial charge in [0.15, 0.2) is 11.5 Å². The Morgan fingerprint density at radius 1 is 0.938 bits per heavy atom. The van der Waals surface area contributed by atoms with E-state index in [2.05, 4.69) is 0 Å². The topological polar surface area (TPSA) is 60.8 Å². The number of sulfonamides is 1. The molecule has 0 bridgehead atoms. The zero-order valence-corrected chi connectivity index (χ0v) is 18.2. The lowest BCUT2D eigenvalue weighted by Gasteiger charge is -2.36. The molecule has 1 unspecified atom stereocenters. The maximum absolute atomic E-state index is 13.6. The molecule has 0 spiro atoms.